The fourth-order valence-electron chi connectivity index (χ4n) is 3.26. The molecule has 0 radical (unpaired) electrons. The number of aryl methyl sites for hydroxylation is 2. The number of halogens is 1. The quantitative estimate of drug-likeness (QED) is 0.362. The zero-order chi connectivity index (χ0) is 21.7. The molecule has 0 bridgehead atoms. The molecule has 1 aromatic heterocycles. The number of ether oxygens (including phenoxy) is 1. The van der Waals surface area contributed by atoms with Crippen LogP contribution in [0.1, 0.15) is 52.5 Å². The van der Waals surface area contributed by atoms with Gasteiger partial charge in [0.2, 0.25) is 0 Å². The average molecular weight is 487 g/mol. The lowest BCUT2D eigenvalue weighted by Crippen LogP contribution is -2.37. The molecule has 1 atom stereocenters. The van der Waals surface area contributed by atoms with E-state index in [4.69, 9.17) is 9.72 Å². The Morgan fingerprint density at radius 1 is 1.20 bits per heavy atom. The van der Waals surface area contributed by atoms with Crippen LogP contribution in [0, 0.1) is 13.8 Å². The second kappa shape index (κ2) is 10.2. The molecule has 3 aromatic rings. The Bertz CT molecular complexity index is 998. The molecule has 1 unspecified atom stereocenters. The fraction of sp³-hybridized carbons (Fsp3) is 0.333. The second-order valence-corrected chi connectivity index (χ2v) is 9.40. The first kappa shape index (κ1) is 22.5. The van der Waals surface area contributed by atoms with Crippen LogP contribution in [-0.2, 0) is 13.2 Å². The molecule has 0 N–H and O–H groups in total. The van der Waals surface area contributed by atoms with Crippen LogP contribution < -0.4 is 4.74 Å². The van der Waals surface area contributed by atoms with Crippen molar-refractivity contribution >= 4 is 33.2 Å². The van der Waals surface area contributed by atoms with Crippen LogP contribution >= 0.6 is 27.3 Å². The Morgan fingerprint density at radius 2 is 1.93 bits per heavy atom. The van der Waals surface area contributed by atoms with Gasteiger partial charge in [-0.1, -0.05) is 35.0 Å². The van der Waals surface area contributed by atoms with Crippen molar-refractivity contribution in [1.82, 2.24) is 9.88 Å². The number of amides is 1. The van der Waals surface area contributed by atoms with E-state index in [1.807, 2.05) is 46.7 Å². The van der Waals surface area contributed by atoms with Gasteiger partial charge in [-0.3, -0.25) is 4.79 Å². The minimum absolute atomic E-state index is 0.0201. The summed E-state index contributed by atoms with van der Waals surface area (Å²) in [6.45, 7) is 9.21. The predicted octanol–water partition coefficient (Wildman–Crippen LogP) is 6.54. The minimum Gasteiger partial charge on any atom is -0.486 e. The average Bonchev–Trinajstić information content (AvgIpc) is 3.16. The molecule has 0 aliphatic rings. The molecule has 0 fully saturated rings. The van der Waals surface area contributed by atoms with Gasteiger partial charge in [0, 0.05) is 21.5 Å². The van der Waals surface area contributed by atoms with Crippen LogP contribution in [0.3, 0.4) is 0 Å². The Balaban J connectivity index is 1.70. The molecule has 1 heterocycles. The van der Waals surface area contributed by atoms with Gasteiger partial charge in [-0.25, -0.2) is 4.98 Å². The summed E-state index contributed by atoms with van der Waals surface area (Å²) in [5.41, 5.74) is 3.93. The van der Waals surface area contributed by atoms with Crippen LogP contribution in [-0.4, -0.2) is 21.8 Å². The zero-order valence-electron chi connectivity index (χ0n) is 17.8. The summed E-state index contributed by atoms with van der Waals surface area (Å²) in [7, 11) is 0. The molecule has 0 spiro atoms. The predicted molar refractivity (Wildman–Crippen MR) is 126 cm³/mol. The standard InChI is InChI=1S/C24H27BrN2O2S/c1-5-18(4)27(24(28)19-7-6-8-20(25)12-19)13-21-15-30-23(26-21)14-29-22-10-16(2)9-17(3)11-22/h6-12,15,18H,5,13-14H2,1-4H3. The van der Waals surface area contributed by atoms with Gasteiger partial charge in [0.25, 0.3) is 5.91 Å². The summed E-state index contributed by atoms with van der Waals surface area (Å²) in [4.78, 5) is 19.7. The van der Waals surface area contributed by atoms with Crippen molar-refractivity contribution in [2.45, 2.75) is 53.3 Å². The van der Waals surface area contributed by atoms with Crippen LogP contribution in [0.15, 0.2) is 52.3 Å². The monoisotopic (exact) mass is 486 g/mol. The lowest BCUT2D eigenvalue weighted by molar-refractivity contribution is 0.0669. The number of benzene rings is 2. The molecule has 30 heavy (non-hydrogen) atoms. The Labute approximate surface area is 191 Å². The highest BCUT2D eigenvalue weighted by molar-refractivity contribution is 9.10. The number of hydrogen-bond acceptors (Lipinski definition) is 4. The van der Waals surface area contributed by atoms with E-state index < -0.39 is 0 Å². The molecule has 1 amide bonds. The van der Waals surface area contributed by atoms with E-state index in [0.29, 0.717) is 18.7 Å². The third kappa shape index (κ3) is 5.92. The van der Waals surface area contributed by atoms with Crippen molar-refractivity contribution in [2.24, 2.45) is 0 Å². The Morgan fingerprint density at radius 3 is 2.60 bits per heavy atom. The number of thiazole rings is 1. The van der Waals surface area contributed by atoms with Gasteiger partial charge >= 0.3 is 0 Å². The Kier molecular flexibility index (Phi) is 7.67. The van der Waals surface area contributed by atoms with Crippen LogP contribution in [0.2, 0.25) is 0 Å². The molecule has 0 aliphatic heterocycles. The van der Waals surface area contributed by atoms with Crippen molar-refractivity contribution in [3.63, 3.8) is 0 Å². The van der Waals surface area contributed by atoms with Gasteiger partial charge in [0.05, 0.1) is 12.2 Å². The third-order valence-corrected chi connectivity index (χ3v) is 6.31. The van der Waals surface area contributed by atoms with Crippen molar-refractivity contribution in [2.75, 3.05) is 0 Å². The first-order valence-corrected chi connectivity index (χ1v) is 11.7. The van der Waals surface area contributed by atoms with Gasteiger partial charge in [-0.15, -0.1) is 11.3 Å². The SMILES string of the molecule is CCC(C)N(Cc1csc(COc2cc(C)cc(C)c2)n1)C(=O)c1cccc(Br)c1. The van der Waals surface area contributed by atoms with E-state index in [9.17, 15) is 4.79 Å². The molecule has 4 nitrogen and oxygen atoms in total. The molecule has 6 heteroatoms. The molecular formula is C24H27BrN2O2S. The van der Waals surface area contributed by atoms with Crippen molar-refractivity contribution in [3.8, 4) is 5.75 Å². The summed E-state index contributed by atoms with van der Waals surface area (Å²) in [5.74, 6) is 0.877. The van der Waals surface area contributed by atoms with Gasteiger partial charge in [0.15, 0.2) is 0 Å². The summed E-state index contributed by atoms with van der Waals surface area (Å²) in [6, 6.07) is 13.8. The van der Waals surface area contributed by atoms with Crippen LogP contribution in [0.25, 0.3) is 0 Å². The topological polar surface area (TPSA) is 42.4 Å². The van der Waals surface area contributed by atoms with Gasteiger partial charge in [-0.05, 0) is 68.7 Å². The molecule has 0 saturated heterocycles. The smallest absolute Gasteiger partial charge is 0.254 e. The number of carbonyl (C=O) groups excluding carboxylic acids is 1. The highest BCUT2D eigenvalue weighted by atomic mass is 79.9. The van der Waals surface area contributed by atoms with Crippen molar-refractivity contribution < 1.29 is 9.53 Å². The van der Waals surface area contributed by atoms with E-state index in [1.165, 1.54) is 11.1 Å². The molecule has 2 aromatic carbocycles. The number of aromatic nitrogens is 1. The van der Waals surface area contributed by atoms with Crippen LogP contribution in [0.4, 0.5) is 0 Å². The lowest BCUT2D eigenvalue weighted by atomic mass is 10.1. The largest absolute Gasteiger partial charge is 0.486 e. The first-order chi connectivity index (χ1) is 14.4. The van der Waals surface area contributed by atoms with Crippen molar-refractivity contribution in [3.05, 3.63) is 79.7 Å². The van der Waals surface area contributed by atoms with Gasteiger partial charge in [0.1, 0.15) is 17.4 Å². The minimum atomic E-state index is 0.0201. The van der Waals surface area contributed by atoms with E-state index in [2.05, 4.69) is 49.7 Å². The molecule has 3 rings (SSSR count). The second-order valence-electron chi connectivity index (χ2n) is 7.55. The van der Waals surface area contributed by atoms with Crippen molar-refractivity contribution in [1.29, 1.82) is 0 Å². The third-order valence-electron chi connectivity index (χ3n) is 4.94. The van der Waals surface area contributed by atoms with Crippen LogP contribution in [0.5, 0.6) is 5.75 Å². The number of carbonyl (C=O) groups is 1. The number of rotatable bonds is 8. The normalized spacial score (nSPS) is 11.9. The van der Waals surface area contributed by atoms with Gasteiger partial charge < -0.3 is 9.64 Å². The highest BCUT2D eigenvalue weighted by Gasteiger charge is 2.22. The van der Waals surface area contributed by atoms with E-state index in [0.717, 1.165) is 27.3 Å². The van der Waals surface area contributed by atoms with E-state index >= 15 is 0 Å². The molecular weight excluding hydrogens is 460 g/mol. The highest BCUT2D eigenvalue weighted by Crippen LogP contribution is 2.21. The molecule has 158 valence electrons. The summed E-state index contributed by atoms with van der Waals surface area (Å²) in [6.07, 6.45) is 0.882. The maximum absolute atomic E-state index is 13.1. The maximum Gasteiger partial charge on any atom is 0.254 e. The first-order valence-electron chi connectivity index (χ1n) is 10.1. The van der Waals surface area contributed by atoms with E-state index in [-0.39, 0.29) is 11.9 Å². The Hall–Kier alpha value is -2.18. The molecule has 0 aliphatic carbocycles. The zero-order valence-corrected chi connectivity index (χ0v) is 20.2. The number of hydrogen-bond donors (Lipinski definition) is 0. The summed E-state index contributed by atoms with van der Waals surface area (Å²) in [5, 5.41) is 2.92. The summed E-state index contributed by atoms with van der Waals surface area (Å²) < 4.78 is 6.83. The van der Waals surface area contributed by atoms with E-state index in [1.54, 1.807) is 11.3 Å². The molecule has 0 saturated carbocycles. The van der Waals surface area contributed by atoms with Gasteiger partial charge in [-0.2, -0.15) is 0 Å². The number of nitrogens with zero attached hydrogens (tertiary/aromatic N) is 2. The lowest BCUT2D eigenvalue weighted by Gasteiger charge is -2.28. The summed E-state index contributed by atoms with van der Waals surface area (Å²) >= 11 is 5.02. The maximum atomic E-state index is 13.1. The fourth-order valence-corrected chi connectivity index (χ4v) is 4.35.